The SMILES string of the molecule is CCOc1ccc(/C=c2/sc3n(c2=O)[C@@H](c2cccs2)C2=C(N=3)c3ccccc3CC2)cc1Br. The zero-order valence-electron chi connectivity index (χ0n) is 18.5. The standard InChI is InChI=1S/C27H21BrN2O2S2/c1-2-32-21-12-9-16(14-20(21)28)15-23-26(31)30-25(22-8-5-13-33-22)19-11-10-17-6-3-4-7-18(17)24(19)29-27(30)34-23/h3-9,12-15,25H,2,10-11H2,1H3/b23-15+/t25-/m1/s1. The van der Waals surface area contributed by atoms with Gasteiger partial charge in [-0.1, -0.05) is 47.7 Å². The second-order valence-corrected chi connectivity index (χ2v) is 11.1. The minimum absolute atomic E-state index is 0.0116. The highest BCUT2D eigenvalue weighted by Crippen LogP contribution is 2.42. The molecule has 0 unspecified atom stereocenters. The Morgan fingerprint density at radius 3 is 2.85 bits per heavy atom. The van der Waals surface area contributed by atoms with Gasteiger partial charge in [0.15, 0.2) is 4.80 Å². The van der Waals surface area contributed by atoms with Gasteiger partial charge in [0, 0.05) is 10.4 Å². The number of ether oxygens (including phenoxy) is 1. The number of thiazole rings is 1. The quantitative estimate of drug-likeness (QED) is 0.336. The van der Waals surface area contributed by atoms with Gasteiger partial charge in [-0.2, -0.15) is 0 Å². The molecule has 7 heteroatoms. The average Bonchev–Trinajstić information content (AvgIpc) is 3.48. The molecule has 3 heterocycles. The second kappa shape index (κ2) is 8.80. The number of fused-ring (bicyclic) bond motifs is 3. The first-order chi connectivity index (χ1) is 16.6. The van der Waals surface area contributed by atoms with E-state index in [1.165, 1.54) is 32.9 Å². The first-order valence-corrected chi connectivity index (χ1v) is 13.7. The third-order valence-corrected chi connectivity index (χ3v) is 8.77. The number of hydrogen-bond acceptors (Lipinski definition) is 5. The smallest absolute Gasteiger partial charge is 0.271 e. The molecular formula is C27H21BrN2O2S2. The lowest BCUT2D eigenvalue weighted by Gasteiger charge is -2.30. The van der Waals surface area contributed by atoms with Crippen molar-refractivity contribution in [3.8, 4) is 5.75 Å². The molecule has 0 radical (unpaired) electrons. The summed E-state index contributed by atoms with van der Waals surface area (Å²) in [5.41, 5.74) is 5.76. The van der Waals surface area contributed by atoms with Crippen LogP contribution in [0.4, 0.5) is 0 Å². The van der Waals surface area contributed by atoms with Gasteiger partial charge in [0.1, 0.15) is 5.75 Å². The van der Waals surface area contributed by atoms with Crippen LogP contribution in [0, 0.1) is 0 Å². The van der Waals surface area contributed by atoms with E-state index in [1.807, 2.05) is 35.8 Å². The van der Waals surface area contributed by atoms with E-state index < -0.39 is 0 Å². The Labute approximate surface area is 213 Å². The summed E-state index contributed by atoms with van der Waals surface area (Å²) in [5, 5.41) is 2.08. The molecule has 1 aliphatic carbocycles. The Morgan fingerprint density at radius 1 is 1.18 bits per heavy atom. The summed E-state index contributed by atoms with van der Waals surface area (Å²) in [6.07, 6.45) is 3.83. The fourth-order valence-corrected chi connectivity index (χ4v) is 7.11. The molecule has 2 aromatic heterocycles. The maximum absolute atomic E-state index is 13.7. The summed E-state index contributed by atoms with van der Waals surface area (Å²) < 4.78 is 9.09. The Kier molecular flexibility index (Phi) is 5.63. The van der Waals surface area contributed by atoms with Gasteiger partial charge in [-0.05, 0) is 82.1 Å². The normalized spacial score (nSPS) is 17.1. The number of aromatic nitrogens is 1. The van der Waals surface area contributed by atoms with Crippen molar-refractivity contribution in [3.63, 3.8) is 0 Å². The molecular weight excluding hydrogens is 528 g/mol. The van der Waals surface area contributed by atoms with Crippen LogP contribution in [0.1, 0.15) is 41.0 Å². The Hall–Kier alpha value is -2.74. The Bertz CT molecular complexity index is 1610. The van der Waals surface area contributed by atoms with E-state index in [0.29, 0.717) is 11.1 Å². The number of allylic oxidation sites excluding steroid dienone is 1. The van der Waals surface area contributed by atoms with E-state index in [2.05, 4.69) is 57.7 Å². The van der Waals surface area contributed by atoms with Gasteiger partial charge in [0.25, 0.3) is 5.56 Å². The highest BCUT2D eigenvalue weighted by atomic mass is 79.9. The molecule has 0 saturated carbocycles. The fraction of sp³-hybridized carbons (Fsp3) is 0.185. The number of nitrogens with zero attached hydrogens (tertiary/aromatic N) is 2. The number of benzene rings is 2. The maximum atomic E-state index is 13.7. The topological polar surface area (TPSA) is 43.6 Å². The maximum Gasteiger partial charge on any atom is 0.271 e. The number of rotatable bonds is 4. The van der Waals surface area contributed by atoms with Gasteiger partial charge in [-0.25, -0.2) is 4.99 Å². The number of hydrogen-bond donors (Lipinski definition) is 0. The van der Waals surface area contributed by atoms with Crippen LogP contribution < -0.4 is 19.6 Å². The van der Waals surface area contributed by atoms with Gasteiger partial charge in [0.2, 0.25) is 0 Å². The molecule has 0 bridgehead atoms. The molecule has 2 aromatic carbocycles. The van der Waals surface area contributed by atoms with E-state index >= 15 is 0 Å². The molecule has 1 atom stereocenters. The molecule has 1 aliphatic heterocycles. The van der Waals surface area contributed by atoms with Crippen LogP contribution in [0.15, 0.2) is 79.8 Å². The van der Waals surface area contributed by atoms with E-state index in [1.54, 1.807) is 11.3 Å². The van der Waals surface area contributed by atoms with E-state index in [0.717, 1.165) is 39.1 Å². The molecule has 2 aliphatic rings. The molecule has 0 fully saturated rings. The van der Waals surface area contributed by atoms with Crippen LogP contribution in [0.5, 0.6) is 5.75 Å². The fourth-order valence-electron chi connectivity index (χ4n) is 4.75. The molecule has 0 amide bonds. The molecule has 0 N–H and O–H groups in total. The van der Waals surface area contributed by atoms with Crippen molar-refractivity contribution < 1.29 is 4.74 Å². The molecule has 0 spiro atoms. The van der Waals surface area contributed by atoms with Gasteiger partial charge in [0.05, 0.1) is 27.4 Å². The Balaban J connectivity index is 1.55. The van der Waals surface area contributed by atoms with Crippen LogP contribution in [-0.4, -0.2) is 11.2 Å². The lowest BCUT2D eigenvalue weighted by molar-refractivity contribution is 0.338. The average molecular weight is 550 g/mol. The monoisotopic (exact) mass is 548 g/mol. The third kappa shape index (κ3) is 3.63. The van der Waals surface area contributed by atoms with Crippen LogP contribution in [0.2, 0.25) is 0 Å². The van der Waals surface area contributed by atoms with Crippen LogP contribution in [0.3, 0.4) is 0 Å². The number of thiophene rings is 1. The van der Waals surface area contributed by atoms with Crippen LogP contribution in [-0.2, 0) is 6.42 Å². The summed E-state index contributed by atoms with van der Waals surface area (Å²) in [6.45, 7) is 2.57. The molecule has 34 heavy (non-hydrogen) atoms. The minimum Gasteiger partial charge on any atom is -0.493 e. The molecule has 170 valence electrons. The first-order valence-electron chi connectivity index (χ1n) is 11.2. The van der Waals surface area contributed by atoms with Gasteiger partial charge in [-0.15, -0.1) is 11.3 Å². The minimum atomic E-state index is -0.103. The zero-order chi connectivity index (χ0) is 23.2. The molecule has 4 nitrogen and oxygen atoms in total. The van der Waals surface area contributed by atoms with Crippen molar-refractivity contribution in [3.05, 3.63) is 111 Å². The van der Waals surface area contributed by atoms with Crippen molar-refractivity contribution >= 4 is 50.4 Å². The largest absolute Gasteiger partial charge is 0.493 e. The highest BCUT2D eigenvalue weighted by molar-refractivity contribution is 9.10. The van der Waals surface area contributed by atoms with Gasteiger partial charge >= 0.3 is 0 Å². The summed E-state index contributed by atoms with van der Waals surface area (Å²) in [6, 6.07) is 18.5. The van der Waals surface area contributed by atoms with Crippen molar-refractivity contribution in [1.82, 2.24) is 4.57 Å². The van der Waals surface area contributed by atoms with E-state index in [9.17, 15) is 4.79 Å². The van der Waals surface area contributed by atoms with Crippen molar-refractivity contribution in [2.45, 2.75) is 25.8 Å². The number of aryl methyl sites for hydroxylation is 1. The predicted molar refractivity (Wildman–Crippen MR) is 142 cm³/mol. The Morgan fingerprint density at radius 2 is 2.06 bits per heavy atom. The summed E-state index contributed by atoms with van der Waals surface area (Å²) in [5.74, 6) is 0.796. The second-order valence-electron chi connectivity index (χ2n) is 8.25. The van der Waals surface area contributed by atoms with Gasteiger partial charge < -0.3 is 4.74 Å². The zero-order valence-corrected chi connectivity index (χ0v) is 21.7. The van der Waals surface area contributed by atoms with Crippen LogP contribution in [0.25, 0.3) is 11.8 Å². The highest BCUT2D eigenvalue weighted by Gasteiger charge is 2.32. The summed E-state index contributed by atoms with van der Waals surface area (Å²) >= 11 is 6.74. The van der Waals surface area contributed by atoms with E-state index in [-0.39, 0.29) is 11.6 Å². The lowest BCUT2D eigenvalue weighted by Crippen LogP contribution is -2.38. The van der Waals surface area contributed by atoms with Gasteiger partial charge in [-0.3, -0.25) is 9.36 Å². The van der Waals surface area contributed by atoms with E-state index in [4.69, 9.17) is 9.73 Å². The summed E-state index contributed by atoms with van der Waals surface area (Å²) in [7, 11) is 0. The van der Waals surface area contributed by atoms with Crippen LogP contribution >= 0.6 is 38.6 Å². The van der Waals surface area contributed by atoms with Crippen molar-refractivity contribution in [2.24, 2.45) is 4.99 Å². The molecule has 0 saturated heterocycles. The number of halogens is 1. The first kappa shape index (κ1) is 21.8. The van der Waals surface area contributed by atoms with Crippen molar-refractivity contribution in [2.75, 3.05) is 6.61 Å². The molecule has 6 rings (SSSR count). The summed E-state index contributed by atoms with van der Waals surface area (Å²) in [4.78, 5) is 20.7. The predicted octanol–water partition coefficient (Wildman–Crippen LogP) is 5.54. The third-order valence-electron chi connectivity index (χ3n) is 6.24. The van der Waals surface area contributed by atoms with Crippen molar-refractivity contribution in [1.29, 1.82) is 0 Å². The molecule has 4 aromatic rings. The lowest BCUT2D eigenvalue weighted by atomic mass is 9.85.